The zero-order chi connectivity index (χ0) is 17.2. The number of rotatable bonds is 4. The number of hydrogen-bond donors (Lipinski definition) is 0. The molecule has 0 unspecified atom stereocenters. The Balaban J connectivity index is 2.24. The lowest BCUT2D eigenvalue weighted by Crippen LogP contribution is -2.12. The first-order valence-electron chi connectivity index (χ1n) is 7.24. The Morgan fingerprint density at radius 2 is 1.61 bits per heavy atom. The lowest BCUT2D eigenvalue weighted by Gasteiger charge is -2.10. The molecule has 0 saturated heterocycles. The third-order valence-electron chi connectivity index (χ3n) is 3.78. The Hall–Kier alpha value is -2.21. The van der Waals surface area contributed by atoms with E-state index in [0.29, 0.717) is 22.8 Å². The van der Waals surface area contributed by atoms with Crippen molar-refractivity contribution in [2.24, 2.45) is 5.16 Å². The highest BCUT2D eigenvalue weighted by molar-refractivity contribution is 7.86. The quantitative estimate of drug-likeness (QED) is 0.626. The molecule has 0 atom stereocenters. The molecule has 0 fully saturated rings. The molecule has 0 heterocycles. The summed E-state index contributed by atoms with van der Waals surface area (Å²) in [6, 6.07) is 6.50. The van der Waals surface area contributed by atoms with Crippen LogP contribution in [0.1, 0.15) is 39.2 Å². The summed E-state index contributed by atoms with van der Waals surface area (Å²) in [5.74, 6) is 0.196. The van der Waals surface area contributed by atoms with Gasteiger partial charge in [0.1, 0.15) is 10.6 Å². The summed E-state index contributed by atoms with van der Waals surface area (Å²) in [6.07, 6.45) is 2.79. The van der Waals surface area contributed by atoms with Crippen molar-refractivity contribution < 1.29 is 17.5 Å². The average molecular weight is 333 g/mol. The molecule has 5 nitrogen and oxygen atoms in total. The zero-order valence-corrected chi connectivity index (χ0v) is 14.3. The van der Waals surface area contributed by atoms with Crippen molar-refractivity contribution in [3.63, 3.8) is 0 Å². The van der Waals surface area contributed by atoms with Gasteiger partial charge in [-0.05, 0) is 55.2 Å². The van der Waals surface area contributed by atoms with E-state index < -0.39 is 10.1 Å². The van der Waals surface area contributed by atoms with Crippen LogP contribution >= 0.6 is 0 Å². The fraction of sp³-hybridized carbons (Fsp3) is 0.294. The summed E-state index contributed by atoms with van der Waals surface area (Å²) in [7, 11) is -3.99. The lowest BCUT2D eigenvalue weighted by molar-refractivity contribution is -0.111. The molecule has 0 amide bonds. The highest BCUT2D eigenvalue weighted by atomic mass is 32.2. The maximum absolute atomic E-state index is 12.2. The van der Waals surface area contributed by atoms with Gasteiger partial charge in [0.15, 0.2) is 5.78 Å². The summed E-state index contributed by atoms with van der Waals surface area (Å²) in [5, 5.41) is 3.69. The molecule has 1 aromatic carbocycles. The van der Waals surface area contributed by atoms with E-state index in [1.165, 1.54) is 24.3 Å². The minimum Gasteiger partial charge on any atom is -0.290 e. The van der Waals surface area contributed by atoms with Gasteiger partial charge in [-0.3, -0.25) is 9.08 Å². The Morgan fingerprint density at radius 3 is 2.17 bits per heavy atom. The molecule has 23 heavy (non-hydrogen) atoms. The van der Waals surface area contributed by atoms with Crippen molar-refractivity contribution in [3.8, 4) is 0 Å². The number of ketones is 1. The van der Waals surface area contributed by atoms with E-state index in [4.69, 9.17) is 4.28 Å². The van der Waals surface area contributed by atoms with Gasteiger partial charge in [-0.1, -0.05) is 31.1 Å². The first-order valence-corrected chi connectivity index (χ1v) is 8.65. The van der Waals surface area contributed by atoms with Crippen molar-refractivity contribution in [3.05, 3.63) is 53.1 Å². The van der Waals surface area contributed by atoms with Crippen LogP contribution in [0.4, 0.5) is 0 Å². The molecular weight excluding hydrogens is 314 g/mol. The van der Waals surface area contributed by atoms with Crippen LogP contribution in [0, 0.1) is 0 Å². The number of benzene rings is 1. The van der Waals surface area contributed by atoms with Gasteiger partial charge in [-0.2, -0.15) is 8.42 Å². The van der Waals surface area contributed by atoms with E-state index in [1.807, 2.05) is 13.8 Å². The van der Waals surface area contributed by atoms with Gasteiger partial charge in [-0.25, -0.2) is 0 Å². The van der Waals surface area contributed by atoms with Gasteiger partial charge in [-0.15, -0.1) is 0 Å². The first kappa shape index (κ1) is 17.1. The maximum Gasteiger partial charge on any atom is 0.358 e. The monoisotopic (exact) mass is 333 g/mol. The Kier molecular flexibility index (Phi) is 4.85. The van der Waals surface area contributed by atoms with Crippen LogP contribution < -0.4 is 0 Å². The normalized spacial score (nSPS) is 17.3. The lowest BCUT2D eigenvalue weighted by atomic mass is 9.97. The second-order valence-electron chi connectivity index (χ2n) is 5.68. The fourth-order valence-corrected chi connectivity index (χ4v) is 2.77. The molecule has 0 radical (unpaired) electrons. The SMILES string of the molecule is CC1=C(C)/C(=N/OS(=O)(=O)c2ccc(C(C)C)cc2)C=CC1=O. The van der Waals surface area contributed by atoms with Crippen LogP contribution in [0.15, 0.2) is 57.6 Å². The molecule has 2 rings (SSSR count). The minimum atomic E-state index is -3.99. The van der Waals surface area contributed by atoms with Crippen molar-refractivity contribution in [2.75, 3.05) is 0 Å². The number of hydrogen-bond acceptors (Lipinski definition) is 5. The molecule has 1 aliphatic rings. The highest BCUT2D eigenvalue weighted by Crippen LogP contribution is 2.20. The Labute approximate surface area is 136 Å². The van der Waals surface area contributed by atoms with Crippen LogP contribution in [-0.4, -0.2) is 19.9 Å². The second kappa shape index (κ2) is 6.50. The van der Waals surface area contributed by atoms with Gasteiger partial charge >= 0.3 is 10.1 Å². The Morgan fingerprint density at radius 1 is 1.00 bits per heavy atom. The molecule has 0 aliphatic heterocycles. The van der Waals surface area contributed by atoms with Crippen molar-refractivity contribution in [1.29, 1.82) is 0 Å². The van der Waals surface area contributed by atoms with Crippen LogP contribution in [0.5, 0.6) is 0 Å². The van der Waals surface area contributed by atoms with Gasteiger partial charge in [0.2, 0.25) is 0 Å². The zero-order valence-electron chi connectivity index (χ0n) is 13.5. The number of carbonyl (C=O) groups excluding carboxylic acids is 1. The molecule has 0 bridgehead atoms. The summed E-state index contributed by atoms with van der Waals surface area (Å²) in [5.41, 5.74) is 2.49. The summed E-state index contributed by atoms with van der Waals surface area (Å²) in [6.45, 7) is 7.42. The van der Waals surface area contributed by atoms with Crippen LogP contribution in [0.2, 0.25) is 0 Å². The smallest absolute Gasteiger partial charge is 0.290 e. The van der Waals surface area contributed by atoms with Gasteiger partial charge in [0, 0.05) is 5.57 Å². The molecule has 122 valence electrons. The standard InChI is InChI=1S/C17H19NO4S/c1-11(2)14-5-7-15(8-6-14)23(20,21)22-18-16-9-10-17(19)13(4)12(16)3/h5-11H,1-4H3/b18-16+. The predicted octanol–water partition coefficient (Wildman–Crippen LogP) is 3.35. The van der Waals surface area contributed by atoms with Gasteiger partial charge in [0.05, 0.1) is 0 Å². The first-order chi connectivity index (χ1) is 10.7. The summed E-state index contributed by atoms with van der Waals surface area (Å²) in [4.78, 5) is 11.5. The van der Waals surface area contributed by atoms with Crippen molar-refractivity contribution in [2.45, 2.75) is 38.5 Å². The summed E-state index contributed by atoms with van der Waals surface area (Å²) < 4.78 is 29.1. The van der Waals surface area contributed by atoms with E-state index >= 15 is 0 Å². The predicted molar refractivity (Wildman–Crippen MR) is 88.8 cm³/mol. The second-order valence-corrected chi connectivity index (χ2v) is 7.21. The third kappa shape index (κ3) is 3.76. The molecule has 6 heteroatoms. The minimum absolute atomic E-state index is 0.0421. The Bertz CT molecular complexity index is 813. The van der Waals surface area contributed by atoms with Gasteiger partial charge in [0.25, 0.3) is 0 Å². The third-order valence-corrected chi connectivity index (χ3v) is 4.90. The molecule has 1 aromatic rings. The molecule has 1 aliphatic carbocycles. The average Bonchev–Trinajstić information content (AvgIpc) is 2.52. The topological polar surface area (TPSA) is 72.8 Å². The van der Waals surface area contributed by atoms with Crippen LogP contribution in [-0.2, 0) is 19.2 Å². The molecule has 0 spiro atoms. The highest BCUT2D eigenvalue weighted by Gasteiger charge is 2.19. The molecule has 0 saturated carbocycles. The van der Waals surface area contributed by atoms with Crippen molar-refractivity contribution in [1.82, 2.24) is 0 Å². The van der Waals surface area contributed by atoms with E-state index in [0.717, 1.165) is 5.56 Å². The van der Waals surface area contributed by atoms with Crippen LogP contribution in [0.3, 0.4) is 0 Å². The number of carbonyl (C=O) groups is 1. The van der Waals surface area contributed by atoms with E-state index in [2.05, 4.69) is 5.16 Å². The van der Waals surface area contributed by atoms with E-state index in [9.17, 15) is 13.2 Å². The van der Waals surface area contributed by atoms with E-state index in [-0.39, 0.29) is 10.7 Å². The molecular formula is C17H19NO4S. The number of nitrogens with zero attached hydrogens (tertiary/aromatic N) is 1. The fourth-order valence-electron chi connectivity index (χ4n) is 2.03. The molecule has 0 aromatic heterocycles. The number of allylic oxidation sites excluding steroid dienone is 4. The van der Waals surface area contributed by atoms with E-state index in [1.54, 1.807) is 26.0 Å². The van der Waals surface area contributed by atoms with Gasteiger partial charge < -0.3 is 0 Å². The van der Waals surface area contributed by atoms with Crippen molar-refractivity contribution >= 4 is 21.6 Å². The maximum atomic E-state index is 12.2. The van der Waals surface area contributed by atoms with Crippen LogP contribution in [0.25, 0.3) is 0 Å². The largest absolute Gasteiger partial charge is 0.358 e. The number of oxime groups is 1. The summed E-state index contributed by atoms with van der Waals surface area (Å²) >= 11 is 0. The molecule has 0 N–H and O–H groups in total.